The van der Waals surface area contributed by atoms with Gasteiger partial charge >= 0.3 is 8.25 Å². The Morgan fingerprint density at radius 2 is 1.02 bits per heavy atom. The van der Waals surface area contributed by atoms with Gasteiger partial charge in [-0.15, -0.1) is 0 Å². The van der Waals surface area contributed by atoms with Crippen molar-refractivity contribution < 1.29 is 32.6 Å². The first-order valence-corrected chi connectivity index (χ1v) is 17.8. The van der Waals surface area contributed by atoms with E-state index in [4.69, 9.17) is 28.0 Å². The van der Waals surface area contributed by atoms with E-state index in [9.17, 15) is 4.57 Å². The van der Waals surface area contributed by atoms with Crippen LogP contribution >= 0.6 is 8.25 Å². The molecule has 13 nitrogen and oxygen atoms in total. The lowest BCUT2D eigenvalue weighted by Crippen LogP contribution is -2.26. The molecule has 2 unspecified atom stereocenters. The van der Waals surface area contributed by atoms with Crippen LogP contribution in [0, 0.1) is 11.8 Å². The third-order valence-electron chi connectivity index (χ3n) is 9.41. The SMILES string of the molecule is COc1cc2ncnc(N3CCCC(CO[PH](=O)OCC4CCCN(c5ncnc6cc(OC)c(OC)cc56)CC4)CC3)c2cc1OC. The molecule has 48 heavy (non-hydrogen) atoms. The van der Waals surface area contributed by atoms with Crippen LogP contribution in [0.15, 0.2) is 36.9 Å². The van der Waals surface area contributed by atoms with Gasteiger partial charge in [-0.25, -0.2) is 19.9 Å². The second-order valence-corrected chi connectivity index (χ2v) is 13.4. The Labute approximate surface area is 281 Å². The fraction of sp³-hybridized carbons (Fsp3) is 0.529. The predicted molar refractivity (Wildman–Crippen MR) is 185 cm³/mol. The summed E-state index contributed by atoms with van der Waals surface area (Å²) < 4.78 is 46.4. The van der Waals surface area contributed by atoms with E-state index in [1.54, 1.807) is 41.1 Å². The molecule has 2 fully saturated rings. The van der Waals surface area contributed by atoms with E-state index in [1.165, 1.54) is 0 Å². The van der Waals surface area contributed by atoms with Gasteiger partial charge in [0.25, 0.3) is 0 Å². The highest BCUT2D eigenvalue weighted by molar-refractivity contribution is 7.33. The van der Waals surface area contributed by atoms with Crippen molar-refractivity contribution in [3.05, 3.63) is 36.9 Å². The van der Waals surface area contributed by atoms with Crippen molar-refractivity contribution >= 4 is 41.7 Å². The second kappa shape index (κ2) is 16.0. The number of methoxy groups -OCH3 is 4. The van der Waals surface area contributed by atoms with E-state index in [-0.39, 0.29) is 0 Å². The van der Waals surface area contributed by atoms with Crippen LogP contribution in [0.1, 0.15) is 38.5 Å². The zero-order valence-electron chi connectivity index (χ0n) is 28.1. The number of benzene rings is 2. The molecule has 0 bridgehead atoms. The summed E-state index contributed by atoms with van der Waals surface area (Å²) in [7, 11) is 3.90. The molecule has 2 aromatic carbocycles. The lowest BCUT2D eigenvalue weighted by molar-refractivity contribution is 0.169. The standard InChI is InChI=1S/C34H45N6O7P/c1-42-29-15-25-27(17-31(29)44-3)35-21-37-33(25)39-11-5-7-23(9-13-39)19-46-48(41)47-20-24-8-6-12-40(14-10-24)34-26-16-30(43-2)32(45-4)18-28(26)36-22-38-34/h15-18,21-24,48H,5-14,19-20H2,1-4H3. The van der Waals surface area contributed by atoms with Crippen LogP contribution in [0.2, 0.25) is 0 Å². The van der Waals surface area contributed by atoms with E-state index in [0.29, 0.717) is 48.0 Å². The maximum absolute atomic E-state index is 12.8. The quantitative estimate of drug-likeness (QED) is 0.164. The van der Waals surface area contributed by atoms with Gasteiger partial charge in [0.1, 0.15) is 24.3 Å². The fourth-order valence-corrected chi connectivity index (χ4v) is 7.57. The minimum atomic E-state index is -2.60. The van der Waals surface area contributed by atoms with Gasteiger partial charge in [0.2, 0.25) is 0 Å². The lowest BCUT2D eigenvalue weighted by Gasteiger charge is -2.23. The van der Waals surface area contributed by atoms with Gasteiger partial charge in [0, 0.05) is 49.1 Å². The summed E-state index contributed by atoms with van der Waals surface area (Å²) in [6, 6.07) is 7.65. The third-order valence-corrected chi connectivity index (χ3v) is 10.2. The molecule has 2 aliphatic rings. The summed E-state index contributed by atoms with van der Waals surface area (Å²) in [4.78, 5) is 22.7. The minimum absolute atomic E-state index is 0.294. The van der Waals surface area contributed by atoms with Crippen molar-refractivity contribution in [2.45, 2.75) is 38.5 Å². The highest BCUT2D eigenvalue weighted by Gasteiger charge is 2.24. The number of anilines is 2. The van der Waals surface area contributed by atoms with Crippen molar-refractivity contribution in [2.75, 3.05) is 77.6 Å². The van der Waals surface area contributed by atoms with E-state index in [1.807, 2.05) is 24.3 Å². The van der Waals surface area contributed by atoms with Crippen LogP contribution in [0.25, 0.3) is 21.8 Å². The first-order valence-electron chi connectivity index (χ1n) is 16.5. The van der Waals surface area contributed by atoms with Crippen molar-refractivity contribution in [2.24, 2.45) is 11.8 Å². The predicted octanol–water partition coefficient (Wildman–Crippen LogP) is 5.94. The molecule has 0 saturated carbocycles. The molecule has 4 aromatic rings. The Bertz CT molecular complexity index is 1610. The maximum Gasteiger partial charge on any atom is 0.319 e. The molecule has 258 valence electrons. The summed E-state index contributed by atoms with van der Waals surface area (Å²) in [6.45, 7) is 4.22. The Kier molecular flexibility index (Phi) is 11.3. The Hall–Kier alpha value is -3.93. The van der Waals surface area contributed by atoms with Crippen LogP contribution in [-0.2, 0) is 13.6 Å². The first-order chi connectivity index (χ1) is 23.5. The Morgan fingerprint density at radius 1 is 0.604 bits per heavy atom. The van der Waals surface area contributed by atoms with E-state index in [2.05, 4.69) is 29.7 Å². The molecule has 4 heterocycles. The number of hydrogen-bond donors (Lipinski definition) is 0. The zero-order chi connectivity index (χ0) is 33.5. The molecule has 0 amide bonds. The number of aromatic nitrogens is 4. The molecule has 14 heteroatoms. The summed E-state index contributed by atoms with van der Waals surface area (Å²) in [5, 5.41) is 1.85. The molecule has 0 aliphatic carbocycles. The van der Waals surface area contributed by atoms with Crippen LogP contribution in [0.3, 0.4) is 0 Å². The topological polar surface area (TPSA) is 130 Å². The maximum atomic E-state index is 12.8. The van der Waals surface area contributed by atoms with Crippen LogP contribution < -0.4 is 28.7 Å². The van der Waals surface area contributed by atoms with Crippen LogP contribution in [0.4, 0.5) is 11.6 Å². The van der Waals surface area contributed by atoms with Gasteiger partial charge in [0.05, 0.1) is 52.7 Å². The molecule has 2 aromatic heterocycles. The van der Waals surface area contributed by atoms with Gasteiger partial charge in [-0.05, 0) is 62.5 Å². The van der Waals surface area contributed by atoms with Gasteiger partial charge in [-0.1, -0.05) is 0 Å². The van der Waals surface area contributed by atoms with Gasteiger partial charge in [0.15, 0.2) is 23.0 Å². The monoisotopic (exact) mass is 680 g/mol. The van der Waals surface area contributed by atoms with Crippen molar-refractivity contribution in [1.82, 2.24) is 19.9 Å². The molecular weight excluding hydrogens is 635 g/mol. The lowest BCUT2D eigenvalue weighted by atomic mass is 10.0. The largest absolute Gasteiger partial charge is 0.493 e. The van der Waals surface area contributed by atoms with Crippen molar-refractivity contribution in [3.8, 4) is 23.0 Å². The average molecular weight is 681 g/mol. The van der Waals surface area contributed by atoms with Crippen LogP contribution in [-0.4, -0.2) is 87.8 Å². The molecule has 0 N–H and O–H groups in total. The summed E-state index contributed by atoms with van der Waals surface area (Å²) in [5.74, 6) is 4.93. The summed E-state index contributed by atoms with van der Waals surface area (Å²) >= 11 is 0. The fourth-order valence-electron chi connectivity index (χ4n) is 6.74. The number of fused-ring (bicyclic) bond motifs is 2. The molecule has 6 rings (SSSR count). The third kappa shape index (κ3) is 7.69. The van der Waals surface area contributed by atoms with E-state index < -0.39 is 8.25 Å². The highest BCUT2D eigenvalue weighted by Crippen LogP contribution is 2.38. The van der Waals surface area contributed by atoms with E-state index >= 15 is 0 Å². The average Bonchev–Trinajstić information content (AvgIpc) is 3.52. The smallest absolute Gasteiger partial charge is 0.319 e. The van der Waals surface area contributed by atoms with Crippen LogP contribution in [0.5, 0.6) is 23.0 Å². The Morgan fingerprint density at radius 3 is 1.44 bits per heavy atom. The number of nitrogens with zero attached hydrogens (tertiary/aromatic N) is 6. The van der Waals surface area contributed by atoms with Crippen molar-refractivity contribution in [3.63, 3.8) is 0 Å². The summed E-state index contributed by atoms with van der Waals surface area (Å²) in [5.41, 5.74) is 1.62. The number of rotatable bonds is 12. The number of ether oxygens (including phenoxy) is 4. The molecule has 0 spiro atoms. The Balaban J connectivity index is 0.983. The normalized spacial score (nSPS) is 19.5. The highest BCUT2D eigenvalue weighted by atomic mass is 31.1. The second-order valence-electron chi connectivity index (χ2n) is 12.3. The van der Waals surface area contributed by atoms with Gasteiger partial charge < -0.3 is 37.8 Å². The van der Waals surface area contributed by atoms with Gasteiger partial charge in [-0.3, -0.25) is 4.57 Å². The number of hydrogen-bond acceptors (Lipinski definition) is 13. The first kappa shape index (κ1) is 34.0. The van der Waals surface area contributed by atoms with E-state index in [0.717, 1.165) is 98.1 Å². The van der Waals surface area contributed by atoms with Crippen molar-refractivity contribution in [1.29, 1.82) is 0 Å². The summed E-state index contributed by atoms with van der Waals surface area (Å²) in [6.07, 6.45) is 8.94. The molecule has 0 radical (unpaired) electrons. The molecule has 2 aliphatic heterocycles. The molecular formula is C34H45N6O7P. The molecule has 2 atom stereocenters. The minimum Gasteiger partial charge on any atom is -0.493 e. The zero-order valence-corrected chi connectivity index (χ0v) is 29.1. The molecule has 2 saturated heterocycles. The van der Waals surface area contributed by atoms with Gasteiger partial charge in [-0.2, -0.15) is 0 Å².